The van der Waals surface area contributed by atoms with E-state index in [0.717, 1.165) is 22.6 Å². The number of nitrogens with zero attached hydrogens (tertiary/aromatic N) is 3. The summed E-state index contributed by atoms with van der Waals surface area (Å²) in [6.07, 6.45) is 1.96. The maximum atomic E-state index is 5.35. The van der Waals surface area contributed by atoms with Crippen molar-refractivity contribution in [2.75, 3.05) is 26.6 Å². The Labute approximate surface area is 188 Å². The van der Waals surface area contributed by atoms with Gasteiger partial charge in [0.2, 0.25) is 0 Å². The van der Waals surface area contributed by atoms with Gasteiger partial charge in [-0.1, -0.05) is 18.2 Å². The number of halogens is 1. The molecule has 0 radical (unpaired) electrons. The fourth-order valence-corrected chi connectivity index (χ4v) is 2.84. The number of guanidine groups is 1. The smallest absolute Gasteiger partial charge is 0.195 e. The monoisotopic (exact) mass is 507 g/mol. The summed E-state index contributed by atoms with van der Waals surface area (Å²) in [5.41, 5.74) is 3.97. The summed E-state index contributed by atoms with van der Waals surface area (Å²) in [5.74, 6) is 1.99. The number of hydrogen-bond acceptors (Lipinski definition) is 4. The number of para-hydroxylation sites is 1. The van der Waals surface area contributed by atoms with Crippen LogP contribution in [0.1, 0.15) is 11.3 Å². The van der Waals surface area contributed by atoms with E-state index in [-0.39, 0.29) is 24.0 Å². The van der Waals surface area contributed by atoms with E-state index in [9.17, 15) is 0 Å². The molecule has 0 fully saturated rings. The minimum absolute atomic E-state index is 0. The van der Waals surface area contributed by atoms with Crippen LogP contribution in [0.2, 0.25) is 0 Å². The highest BCUT2D eigenvalue weighted by molar-refractivity contribution is 14.0. The molecule has 0 aliphatic rings. The molecule has 1 aromatic heterocycles. The summed E-state index contributed by atoms with van der Waals surface area (Å²) in [6.45, 7) is 2.58. The standard InChI is InChI=1S/C21H25N5O2.HI/c1-15-11-12-26(25-15)18-8-6-5-7-16(18)14-23-21(22-2)24-17-9-10-19(27-3)20(13-17)28-4;/h5-13H,14H2,1-4H3,(H2,22,23,24);1H. The molecule has 0 bridgehead atoms. The molecular formula is C21H26IN5O2. The van der Waals surface area contributed by atoms with Gasteiger partial charge in [-0.05, 0) is 36.8 Å². The molecule has 3 aromatic rings. The second-order valence-electron chi connectivity index (χ2n) is 6.15. The first-order chi connectivity index (χ1) is 13.6. The average molecular weight is 507 g/mol. The third-order valence-corrected chi connectivity index (χ3v) is 4.28. The van der Waals surface area contributed by atoms with Gasteiger partial charge in [-0.3, -0.25) is 4.99 Å². The van der Waals surface area contributed by atoms with E-state index in [1.54, 1.807) is 21.3 Å². The maximum absolute atomic E-state index is 5.35. The van der Waals surface area contributed by atoms with Gasteiger partial charge in [0.1, 0.15) is 0 Å². The van der Waals surface area contributed by atoms with E-state index >= 15 is 0 Å². The molecule has 1 heterocycles. The zero-order chi connectivity index (χ0) is 19.9. The van der Waals surface area contributed by atoms with E-state index in [0.29, 0.717) is 24.0 Å². The summed E-state index contributed by atoms with van der Waals surface area (Å²) in [7, 11) is 4.96. The highest BCUT2D eigenvalue weighted by Gasteiger charge is 2.08. The van der Waals surface area contributed by atoms with Crippen LogP contribution in [0.15, 0.2) is 59.7 Å². The number of hydrogen-bond donors (Lipinski definition) is 2. The number of aromatic nitrogens is 2. The number of benzene rings is 2. The number of rotatable bonds is 6. The van der Waals surface area contributed by atoms with Crippen LogP contribution in [0.25, 0.3) is 5.69 Å². The Morgan fingerprint density at radius 3 is 2.48 bits per heavy atom. The summed E-state index contributed by atoms with van der Waals surface area (Å²) >= 11 is 0. The largest absolute Gasteiger partial charge is 0.493 e. The van der Waals surface area contributed by atoms with Crippen molar-refractivity contribution in [1.29, 1.82) is 0 Å². The Morgan fingerprint density at radius 2 is 1.83 bits per heavy atom. The molecule has 0 atom stereocenters. The van der Waals surface area contributed by atoms with Gasteiger partial charge in [0.25, 0.3) is 0 Å². The second kappa shape index (κ2) is 10.7. The number of nitrogens with one attached hydrogen (secondary N) is 2. The van der Waals surface area contributed by atoms with Gasteiger partial charge in [0.15, 0.2) is 17.5 Å². The van der Waals surface area contributed by atoms with Crippen LogP contribution in [0.4, 0.5) is 5.69 Å². The van der Waals surface area contributed by atoms with E-state index in [4.69, 9.17) is 9.47 Å². The van der Waals surface area contributed by atoms with Crippen LogP contribution in [0.5, 0.6) is 11.5 Å². The zero-order valence-corrected chi connectivity index (χ0v) is 19.3. The van der Waals surface area contributed by atoms with E-state index in [1.807, 2.05) is 60.3 Å². The molecule has 0 saturated carbocycles. The van der Waals surface area contributed by atoms with Gasteiger partial charge >= 0.3 is 0 Å². The molecule has 3 rings (SSSR count). The van der Waals surface area contributed by atoms with Crippen LogP contribution in [0, 0.1) is 6.92 Å². The molecule has 2 aromatic carbocycles. The molecule has 0 aliphatic heterocycles. The summed E-state index contributed by atoms with van der Waals surface area (Å²) in [4.78, 5) is 4.30. The molecule has 2 N–H and O–H groups in total. The first-order valence-electron chi connectivity index (χ1n) is 8.95. The minimum Gasteiger partial charge on any atom is -0.493 e. The lowest BCUT2D eigenvalue weighted by atomic mass is 10.2. The number of aryl methyl sites for hydroxylation is 1. The lowest BCUT2D eigenvalue weighted by Crippen LogP contribution is -2.30. The Balaban J connectivity index is 0.00000300. The third kappa shape index (κ3) is 5.63. The quantitative estimate of drug-likeness (QED) is 0.300. The van der Waals surface area contributed by atoms with E-state index in [1.165, 1.54) is 0 Å². The molecule has 0 amide bonds. The molecule has 154 valence electrons. The van der Waals surface area contributed by atoms with Crippen molar-refractivity contribution in [2.24, 2.45) is 4.99 Å². The van der Waals surface area contributed by atoms with Crippen molar-refractivity contribution in [3.05, 3.63) is 66.0 Å². The SMILES string of the molecule is CN=C(NCc1ccccc1-n1ccc(C)n1)Nc1ccc(OC)c(OC)c1.I. The van der Waals surface area contributed by atoms with Gasteiger partial charge in [-0.2, -0.15) is 5.10 Å². The topological polar surface area (TPSA) is 72.7 Å². The van der Waals surface area contributed by atoms with Crippen LogP contribution in [0.3, 0.4) is 0 Å². The minimum atomic E-state index is 0. The van der Waals surface area contributed by atoms with E-state index in [2.05, 4.69) is 26.8 Å². The fourth-order valence-electron chi connectivity index (χ4n) is 2.84. The van der Waals surface area contributed by atoms with Gasteiger partial charge < -0.3 is 20.1 Å². The van der Waals surface area contributed by atoms with Crippen LogP contribution < -0.4 is 20.1 Å². The number of anilines is 1. The summed E-state index contributed by atoms with van der Waals surface area (Å²) in [5, 5.41) is 11.1. The van der Waals surface area contributed by atoms with Crippen molar-refractivity contribution in [1.82, 2.24) is 15.1 Å². The molecule has 0 saturated heterocycles. The first kappa shape index (κ1) is 22.5. The maximum Gasteiger partial charge on any atom is 0.195 e. The lowest BCUT2D eigenvalue weighted by Gasteiger charge is -2.15. The Hall–Kier alpha value is -2.75. The Kier molecular flexibility index (Phi) is 8.32. The zero-order valence-electron chi connectivity index (χ0n) is 17.0. The Morgan fingerprint density at radius 1 is 1.07 bits per heavy atom. The molecule has 0 spiro atoms. The average Bonchev–Trinajstić information content (AvgIpc) is 3.17. The lowest BCUT2D eigenvalue weighted by molar-refractivity contribution is 0.355. The van der Waals surface area contributed by atoms with Crippen LogP contribution >= 0.6 is 24.0 Å². The highest BCUT2D eigenvalue weighted by Crippen LogP contribution is 2.29. The van der Waals surface area contributed by atoms with Gasteiger partial charge in [0.05, 0.1) is 25.6 Å². The van der Waals surface area contributed by atoms with Crippen molar-refractivity contribution < 1.29 is 9.47 Å². The second-order valence-corrected chi connectivity index (χ2v) is 6.15. The third-order valence-electron chi connectivity index (χ3n) is 4.28. The van der Waals surface area contributed by atoms with Gasteiger partial charge in [-0.25, -0.2) is 4.68 Å². The molecular weight excluding hydrogens is 481 g/mol. The molecule has 29 heavy (non-hydrogen) atoms. The molecule has 0 aliphatic carbocycles. The van der Waals surface area contributed by atoms with Crippen molar-refractivity contribution in [2.45, 2.75) is 13.5 Å². The van der Waals surface area contributed by atoms with Crippen molar-refractivity contribution >= 4 is 35.6 Å². The van der Waals surface area contributed by atoms with Gasteiger partial charge in [0, 0.05) is 31.5 Å². The molecule has 7 nitrogen and oxygen atoms in total. The molecule has 8 heteroatoms. The number of ether oxygens (including phenoxy) is 2. The van der Waals surface area contributed by atoms with Crippen LogP contribution in [-0.2, 0) is 6.54 Å². The van der Waals surface area contributed by atoms with Crippen molar-refractivity contribution in [3.63, 3.8) is 0 Å². The first-order valence-corrected chi connectivity index (χ1v) is 8.95. The normalized spacial score (nSPS) is 10.8. The van der Waals surface area contributed by atoms with Gasteiger partial charge in [-0.15, -0.1) is 24.0 Å². The van der Waals surface area contributed by atoms with Crippen LogP contribution in [-0.4, -0.2) is 37.0 Å². The van der Waals surface area contributed by atoms with E-state index < -0.39 is 0 Å². The molecule has 0 unspecified atom stereocenters. The summed E-state index contributed by atoms with van der Waals surface area (Å²) in [6, 6.07) is 15.8. The number of aliphatic imine (C=N–C) groups is 1. The fraction of sp³-hybridized carbons (Fsp3) is 0.238. The number of methoxy groups -OCH3 is 2. The van der Waals surface area contributed by atoms with Crippen molar-refractivity contribution in [3.8, 4) is 17.2 Å². The highest BCUT2D eigenvalue weighted by atomic mass is 127. The predicted octanol–water partition coefficient (Wildman–Crippen LogP) is 4.00. The Bertz CT molecular complexity index is 971. The summed E-state index contributed by atoms with van der Waals surface area (Å²) < 4.78 is 12.5. The predicted molar refractivity (Wildman–Crippen MR) is 127 cm³/mol.